The van der Waals surface area contributed by atoms with Crippen molar-refractivity contribution in [2.24, 2.45) is 52.3 Å². The van der Waals surface area contributed by atoms with Gasteiger partial charge in [0.1, 0.15) is 146 Å². The molecule has 43 atom stereocenters. The lowest BCUT2D eigenvalue weighted by atomic mass is 9.43. The summed E-state index contributed by atoms with van der Waals surface area (Å²) in [6.45, 7) is 3.11. The van der Waals surface area contributed by atoms with E-state index in [0.717, 1.165) is 12.8 Å². The van der Waals surface area contributed by atoms with Crippen LogP contribution < -0.4 is 0 Å². The number of hydrogen-bond acceptors (Lipinski definition) is 35. The third-order valence-electron chi connectivity index (χ3n) is 24.3. The molecule has 4 saturated carbocycles. The second-order valence-electron chi connectivity index (χ2n) is 30.0. The minimum Gasteiger partial charge on any atom is -0.394 e. The summed E-state index contributed by atoms with van der Waals surface area (Å²) in [5.41, 5.74) is -0.583. The van der Waals surface area contributed by atoms with Crippen molar-refractivity contribution in [1.29, 1.82) is 0 Å². The van der Waals surface area contributed by atoms with Crippen molar-refractivity contribution in [3.05, 3.63) is 0 Å². The van der Waals surface area contributed by atoms with Gasteiger partial charge in [-0.05, 0) is 97.7 Å². The zero-order valence-corrected chi connectivity index (χ0v) is 55.1. The smallest absolute Gasteiger partial charge is 0.187 e. The number of ether oxygens (including phenoxy) is 13. The summed E-state index contributed by atoms with van der Waals surface area (Å²) in [7, 11) is 0. The Hall–Kier alpha value is -1.40. The van der Waals surface area contributed by atoms with E-state index < -0.39 is 242 Å². The highest BCUT2D eigenvalue weighted by Crippen LogP contribution is 2.71. The molecule has 0 aromatic carbocycles. The van der Waals surface area contributed by atoms with Gasteiger partial charge in [0.25, 0.3) is 0 Å². The van der Waals surface area contributed by atoms with Crippen molar-refractivity contribution >= 4 is 0 Å². The Balaban J connectivity index is 0.752. The molecule has 568 valence electrons. The van der Waals surface area contributed by atoms with Gasteiger partial charge in [-0.25, -0.2) is 0 Å². The van der Waals surface area contributed by atoms with Crippen molar-refractivity contribution in [3.63, 3.8) is 0 Å². The fourth-order valence-corrected chi connectivity index (χ4v) is 18.6. The Morgan fingerprint density at radius 1 is 0.408 bits per heavy atom. The lowest BCUT2D eigenvalue weighted by molar-refractivity contribution is -0.411. The van der Waals surface area contributed by atoms with Crippen LogP contribution in [0.5, 0.6) is 0 Å². The maximum Gasteiger partial charge on any atom is 0.187 e. The molecule has 0 amide bonds. The first-order chi connectivity index (χ1) is 46.4. The predicted molar refractivity (Wildman–Crippen MR) is 318 cm³/mol. The van der Waals surface area contributed by atoms with Gasteiger partial charge in [0.15, 0.2) is 43.5 Å². The molecule has 35 heteroatoms. The maximum absolute atomic E-state index is 12.3. The quantitative estimate of drug-likeness (QED) is 0.0448. The Bertz CT molecular complexity index is 2550. The van der Waals surface area contributed by atoms with Gasteiger partial charge in [-0.3, -0.25) is 0 Å². The molecule has 0 unspecified atom stereocenters. The van der Waals surface area contributed by atoms with E-state index in [4.69, 9.17) is 61.6 Å². The van der Waals surface area contributed by atoms with E-state index >= 15 is 0 Å². The van der Waals surface area contributed by atoms with E-state index in [0.29, 0.717) is 44.9 Å². The summed E-state index contributed by atoms with van der Waals surface area (Å²) in [4.78, 5) is 0. The lowest BCUT2D eigenvalue weighted by Gasteiger charge is -2.62. The van der Waals surface area contributed by atoms with Crippen molar-refractivity contribution in [3.8, 4) is 0 Å². The standard InChI is InChI=1S/C63H106O35/c1-21(20-86-55-46(80)42(76)37(71)30(14-64)88-55)5-10-63(85)22(2)36-29(98-63)13-26-24-12-28(70)27-11-23(6-8-61(27,3)25(24)7-9-62(26,36)4)87-56-49(83)45(79)51(35(19-69)93-56)94-60-54(53(41(75)34(18-68)92-60)96-58-48(82)44(78)39(73)32(16-66)90-58)97-59-50(84)52(40(74)33(17-67)91-59)95-57-47(81)43(77)38(72)31(15-65)89-57/h21-60,64-85H,5-20H2,1-4H3/t21-,22+,23+,24-,25+,26-,27-,28-,29+,30-,31-,32-,33-,34-,35-,36+,37-,38-,39-,40-,41-,42+,43+,44+,45-,46-,47-,48-,49-,50-,51+,52+,53+,54-,55-,56-,57+,58+,59+,60+,61-,62+,63+/m1/s1. The molecule has 0 radical (unpaired) electrons. The molecule has 11 aliphatic rings. The Labute approximate surface area is 564 Å². The van der Waals surface area contributed by atoms with Crippen molar-refractivity contribution in [1.82, 2.24) is 0 Å². The van der Waals surface area contributed by atoms with Gasteiger partial charge in [-0.15, -0.1) is 0 Å². The molecule has 0 bridgehead atoms. The highest BCUT2D eigenvalue weighted by Gasteiger charge is 2.70. The molecule has 11 fully saturated rings. The largest absolute Gasteiger partial charge is 0.394 e. The zero-order valence-electron chi connectivity index (χ0n) is 55.1. The van der Waals surface area contributed by atoms with Crippen LogP contribution in [0.4, 0.5) is 0 Å². The van der Waals surface area contributed by atoms with E-state index in [9.17, 15) is 112 Å². The molecule has 0 aromatic heterocycles. The summed E-state index contributed by atoms with van der Waals surface area (Å²) in [5, 5.41) is 240. The monoisotopic (exact) mass is 1420 g/mol. The van der Waals surface area contributed by atoms with E-state index in [-0.39, 0.29) is 65.0 Å². The van der Waals surface area contributed by atoms with Gasteiger partial charge >= 0.3 is 0 Å². The predicted octanol–water partition coefficient (Wildman–Crippen LogP) is -9.34. The molecular weight excluding hydrogens is 1320 g/mol. The summed E-state index contributed by atoms with van der Waals surface area (Å²) < 4.78 is 77.8. The summed E-state index contributed by atoms with van der Waals surface area (Å²) >= 11 is 0. The van der Waals surface area contributed by atoms with Crippen molar-refractivity contribution in [2.45, 2.75) is 294 Å². The summed E-state index contributed by atoms with van der Waals surface area (Å²) in [6, 6.07) is 0. The van der Waals surface area contributed by atoms with Gasteiger partial charge in [0, 0.05) is 12.3 Å². The highest BCUT2D eigenvalue weighted by molar-refractivity contribution is 5.16. The fourth-order valence-electron chi connectivity index (χ4n) is 18.6. The molecule has 7 aliphatic heterocycles. The molecule has 7 saturated heterocycles. The van der Waals surface area contributed by atoms with Crippen LogP contribution in [0.3, 0.4) is 0 Å². The topological polar surface area (TPSA) is 565 Å². The first-order valence-corrected chi connectivity index (χ1v) is 34.5. The molecule has 7 heterocycles. The minimum atomic E-state index is -2.26. The van der Waals surface area contributed by atoms with Crippen LogP contribution in [0.25, 0.3) is 0 Å². The van der Waals surface area contributed by atoms with Gasteiger partial charge in [0.2, 0.25) is 0 Å². The average Bonchev–Trinajstić information content (AvgIpc) is 1.48. The molecule has 35 nitrogen and oxygen atoms in total. The third-order valence-corrected chi connectivity index (χ3v) is 24.3. The van der Waals surface area contributed by atoms with E-state index in [1.165, 1.54) is 0 Å². The number of aliphatic hydroxyl groups excluding tert-OH is 21. The fraction of sp³-hybridized carbons (Fsp3) is 1.00. The first-order valence-electron chi connectivity index (χ1n) is 34.5. The average molecular weight is 1420 g/mol. The minimum absolute atomic E-state index is 0.0238. The Morgan fingerprint density at radius 3 is 1.41 bits per heavy atom. The van der Waals surface area contributed by atoms with Crippen LogP contribution in [0.1, 0.15) is 85.5 Å². The van der Waals surface area contributed by atoms with Gasteiger partial charge < -0.3 is 174 Å². The SMILES string of the molecule is C[C@H](CC[C@]1(O)O[C@H]2C[C@@H]3[C@@H]4C[C@@H](O)[C@H]5C[C@@H](O[C@@H]6O[C@H](CO)[C@H](O[C@@H]7O[C@H](CO)[C@@H](O)[C@H](O[C@@H]8O[C@H](CO)[C@@H](O)[C@H](O)[C@H]8O)[C@H]7O[C@@H]7O[C@H](CO)[C@@H](O)[C@H](O[C@@H]8O[C@H](CO)[C@@H](O)[C@H](O)[C@H]8O)[C@H]7O)[C@H](O)[C@H]6O)CC[C@]5(C)[C@H]4CC[C@]3(C)[C@H]2[C@@H]1C)CO[C@@H]1O[C@H](CO)[C@@H](O)[C@H](O)[C@H]1O. The van der Waals surface area contributed by atoms with Crippen molar-refractivity contribution < 1.29 is 174 Å². The highest BCUT2D eigenvalue weighted by atomic mass is 16.8. The van der Waals surface area contributed by atoms with Crippen LogP contribution in [-0.2, 0) is 61.6 Å². The summed E-state index contributed by atoms with van der Waals surface area (Å²) in [6.07, 6.45) is -52.3. The molecule has 0 spiro atoms. The van der Waals surface area contributed by atoms with Crippen LogP contribution in [0.2, 0.25) is 0 Å². The zero-order chi connectivity index (χ0) is 71.1. The molecule has 11 rings (SSSR count). The molecule has 0 aromatic rings. The Kier molecular flexibility index (Phi) is 24.7. The van der Waals surface area contributed by atoms with Crippen LogP contribution in [0.15, 0.2) is 0 Å². The van der Waals surface area contributed by atoms with Crippen LogP contribution >= 0.6 is 0 Å². The first kappa shape index (κ1) is 77.7. The second kappa shape index (κ2) is 31.2. The normalized spacial score (nSPS) is 55.5. The number of aliphatic hydroxyl groups is 22. The van der Waals surface area contributed by atoms with E-state index in [1.807, 2.05) is 13.8 Å². The van der Waals surface area contributed by atoms with E-state index in [1.54, 1.807) is 0 Å². The van der Waals surface area contributed by atoms with Crippen molar-refractivity contribution in [2.75, 3.05) is 46.2 Å². The lowest BCUT2D eigenvalue weighted by Crippen LogP contribution is -2.69. The van der Waals surface area contributed by atoms with Gasteiger partial charge in [0.05, 0.1) is 64.6 Å². The number of rotatable bonds is 22. The Morgan fingerprint density at radius 2 is 0.847 bits per heavy atom. The van der Waals surface area contributed by atoms with E-state index in [2.05, 4.69) is 13.8 Å². The van der Waals surface area contributed by atoms with Crippen LogP contribution in [-0.4, -0.2) is 367 Å². The number of hydrogen-bond donors (Lipinski definition) is 22. The summed E-state index contributed by atoms with van der Waals surface area (Å²) in [5.74, 6) is -1.57. The second-order valence-corrected chi connectivity index (χ2v) is 30.0. The van der Waals surface area contributed by atoms with Gasteiger partial charge in [-0.1, -0.05) is 27.7 Å². The number of fused-ring (bicyclic) bond motifs is 7. The van der Waals surface area contributed by atoms with Gasteiger partial charge in [-0.2, -0.15) is 0 Å². The molecule has 4 aliphatic carbocycles. The molecular formula is C63H106O35. The molecule has 98 heavy (non-hydrogen) atoms. The third kappa shape index (κ3) is 14.3. The molecule has 22 N–H and O–H groups in total. The maximum atomic E-state index is 12.3. The van der Waals surface area contributed by atoms with Crippen LogP contribution in [0, 0.1) is 52.3 Å².